The Morgan fingerprint density at radius 1 is 0.789 bits per heavy atom. The lowest BCUT2D eigenvalue weighted by Crippen LogP contribution is -2.45. The third-order valence-corrected chi connectivity index (χ3v) is 11.5. The lowest BCUT2D eigenvalue weighted by Gasteiger charge is -2.35. The first kappa shape index (κ1) is 40.4. The first-order chi connectivity index (χ1) is 28.0. The van der Waals surface area contributed by atoms with Crippen LogP contribution in [0.4, 0.5) is 9.18 Å². The molecule has 6 aliphatic heterocycles. The van der Waals surface area contributed by atoms with Gasteiger partial charge in [0.1, 0.15) is 5.60 Å². The quantitative estimate of drug-likeness (QED) is 0.390. The van der Waals surface area contributed by atoms with E-state index in [1.807, 2.05) is 54.8 Å². The number of piperidine rings is 2. The van der Waals surface area contributed by atoms with Gasteiger partial charge in [-0.15, -0.1) is 0 Å². The normalized spacial score (nSPS) is 22.2. The second-order valence-corrected chi connectivity index (χ2v) is 16.7. The van der Waals surface area contributed by atoms with Crippen molar-refractivity contribution in [2.75, 3.05) is 72.6 Å². The summed E-state index contributed by atoms with van der Waals surface area (Å²) in [4.78, 5) is 61.7. The Morgan fingerprint density at radius 3 is 1.79 bits per heavy atom. The summed E-state index contributed by atoms with van der Waals surface area (Å²) >= 11 is 0. The Hall–Kier alpha value is -4.78. The Balaban J connectivity index is 0.000000188. The molecule has 3 amide bonds. The molecule has 2 aromatic rings. The van der Waals surface area contributed by atoms with Gasteiger partial charge in [0, 0.05) is 88.0 Å². The van der Waals surface area contributed by atoms with Crippen LogP contribution in [0.3, 0.4) is 0 Å². The van der Waals surface area contributed by atoms with E-state index >= 15 is 0 Å². The van der Waals surface area contributed by atoms with Crippen LogP contribution in [0.15, 0.2) is 81.3 Å². The monoisotopic (exact) mass is 783 g/mol. The van der Waals surface area contributed by atoms with Crippen molar-refractivity contribution in [3.05, 3.63) is 82.5 Å². The summed E-state index contributed by atoms with van der Waals surface area (Å²) in [6, 6.07) is 7.96. The van der Waals surface area contributed by atoms with Gasteiger partial charge in [-0.25, -0.2) is 4.79 Å². The van der Waals surface area contributed by atoms with E-state index in [-0.39, 0.29) is 17.9 Å². The molecule has 57 heavy (non-hydrogen) atoms. The Labute approximate surface area is 338 Å². The van der Waals surface area contributed by atoms with E-state index in [0.29, 0.717) is 44.3 Å². The zero-order valence-corrected chi connectivity index (χ0v) is 33.8. The van der Waals surface area contributed by atoms with Crippen LogP contribution in [0.1, 0.15) is 84.6 Å². The van der Waals surface area contributed by atoms with E-state index in [2.05, 4.69) is 15.3 Å². The van der Waals surface area contributed by atoms with Crippen molar-refractivity contribution >= 4 is 29.3 Å². The van der Waals surface area contributed by atoms with Gasteiger partial charge < -0.3 is 24.8 Å². The molecule has 2 saturated heterocycles. The van der Waals surface area contributed by atoms with Crippen LogP contribution in [-0.4, -0.2) is 132 Å². The molecule has 0 spiro atoms. The molecule has 0 bridgehead atoms. The SMILES string of the molecule is CC(C)(C)OC(=O)N1CCCC(CC(=O)N2CCC3=C(C2)C(c2ccncc2)=NC3)C1.O=C(CC1CCCNC1)N1CCC2=C(C1)C(c1ccncc1)=NC2.[2H]CF. The number of aromatic nitrogens is 2. The van der Waals surface area contributed by atoms with Crippen LogP contribution in [-0.2, 0) is 14.3 Å². The number of hydrogen-bond donors (Lipinski definition) is 1. The van der Waals surface area contributed by atoms with Gasteiger partial charge in [-0.05, 0) is 131 Å². The number of likely N-dealkylation sites (tertiary alicyclic amines) is 1. The highest BCUT2D eigenvalue weighted by molar-refractivity contribution is 6.15. The van der Waals surface area contributed by atoms with E-state index in [1.54, 1.807) is 29.7 Å². The Bertz CT molecular complexity index is 1870. The maximum absolute atomic E-state index is 13.1. The highest BCUT2D eigenvalue weighted by atomic mass is 19.1. The van der Waals surface area contributed by atoms with Gasteiger partial charge in [0.25, 0.3) is 0 Å². The lowest BCUT2D eigenvalue weighted by atomic mass is 9.92. The van der Waals surface area contributed by atoms with Crippen molar-refractivity contribution in [2.45, 2.75) is 77.7 Å². The number of nitrogens with one attached hydrogen (secondary N) is 1. The molecule has 0 saturated carbocycles. The Morgan fingerprint density at radius 2 is 1.30 bits per heavy atom. The average Bonchev–Trinajstić information content (AvgIpc) is 3.86. The number of nitrogens with zero attached hydrogens (tertiary/aromatic N) is 7. The van der Waals surface area contributed by atoms with Gasteiger partial charge in [0.15, 0.2) is 0 Å². The molecule has 0 radical (unpaired) electrons. The van der Waals surface area contributed by atoms with E-state index < -0.39 is 12.8 Å². The predicted molar refractivity (Wildman–Crippen MR) is 220 cm³/mol. The number of amides is 3. The van der Waals surface area contributed by atoms with E-state index in [4.69, 9.17) is 16.1 Å². The van der Waals surface area contributed by atoms with Gasteiger partial charge in [-0.3, -0.25) is 33.9 Å². The van der Waals surface area contributed by atoms with Gasteiger partial charge in [0.2, 0.25) is 11.8 Å². The van der Waals surface area contributed by atoms with Crippen molar-refractivity contribution in [3.63, 3.8) is 0 Å². The molecule has 2 aromatic heterocycles. The summed E-state index contributed by atoms with van der Waals surface area (Å²) in [6.07, 6.45) is 14.1. The predicted octanol–water partition coefficient (Wildman–Crippen LogP) is 5.84. The van der Waals surface area contributed by atoms with Crippen LogP contribution in [0.25, 0.3) is 0 Å². The fourth-order valence-electron chi connectivity index (χ4n) is 8.53. The molecule has 2 fully saturated rings. The van der Waals surface area contributed by atoms with Crippen LogP contribution >= 0.6 is 0 Å². The number of carbonyl (C=O) groups is 3. The first-order valence-electron chi connectivity index (χ1n) is 21.1. The maximum atomic E-state index is 13.1. The van der Waals surface area contributed by atoms with Crippen molar-refractivity contribution in [1.29, 1.82) is 0 Å². The van der Waals surface area contributed by atoms with Gasteiger partial charge in [-0.1, -0.05) is 0 Å². The van der Waals surface area contributed by atoms with E-state index in [1.165, 1.54) is 35.1 Å². The lowest BCUT2D eigenvalue weighted by molar-refractivity contribution is -0.133. The number of hydrogen-bond acceptors (Lipinski definition) is 9. The van der Waals surface area contributed by atoms with Gasteiger partial charge >= 0.3 is 6.09 Å². The molecule has 13 heteroatoms. The third kappa shape index (κ3) is 11.0. The minimum absolute atomic E-state index is 0.170. The summed E-state index contributed by atoms with van der Waals surface area (Å²) in [5, 5.41) is 3.40. The molecule has 8 rings (SSSR count). The molecule has 0 aromatic carbocycles. The summed E-state index contributed by atoms with van der Waals surface area (Å²) in [7, 11) is -1.00. The minimum Gasteiger partial charge on any atom is -0.444 e. The molecular weight excluding hydrogens is 724 g/mol. The van der Waals surface area contributed by atoms with Crippen LogP contribution in [0.5, 0.6) is 0 Å². The van der Waals surface area contributed by atoms with Crippen LogP contribution in [0.2, 0.25) is 0 Å². The summed E-state index contributed by atoms with van der Waals surface area (Å²) in [5.41, 5.74) is 8.96. The molecule has 2 atom stereocenters. The molecule has 8 heterocycles. The van der Waals surface area contributed by atoms with Crippen molar-refractivity contribution in [2.24, 2.45) is 21.8 Å². The number of pyridine rings is 2. The highest BCUT2D eigenvalue weighted by Crippen LogP contribution is 2.31. The van der Waals surface area contributed by atoms with E-state index in [9.17, 15) is 18.8 Å². The van der Waals surface area contributed by atoms with Gasteiger partial charge in [0.05, 0.1) is 33.0 Å². The number of rotatable bonds is 6. The van der Waals surface area contributed by atoms with Crippen molar-refractivity contribution in [1.82, 2.24) is 30.0 Å². The largest absolute Gasteiger partial charge is 0.444 e. The summed E-state index contributed by atoms with van der Waals surface area (Å²) in [6.45, 7) is 13.5. The van der Waals surface area contributed by atoms with Gasteiger partial charge in [-0.2, -0.15) is 0 Å². The topological polar surface area (TPSA) is 133 Å². The molecule has 0 aliphatic carbocycles. The highest BCUT2D eigenvalue weighted by Gasteiger charge is 2.33. The fraction of sp³-hybridized carbons (Fsp3) is 0.568. The standard InChI is InChI=1S/C24H32N4O3.C19H24N4O.CH3F/c1-24(2,3)31-23(30)28-11-4-5-17(15-28)13-21(29)27-12-8-19-14-26-22(20(19)16-27)18-6-9-25-10-7-18;24-18(10-14-2-1-6-21-11-14)23-9-5-16-12-22-19(17(16)13-23)15-3-7-20-8-4-15;1-2/h6-7,9-10,17H,4-5,8,11-16H2,1-3H3;3-4,7-8,14,21H,1-2,5-6,9-13H2;1H3/i;;1D. The average molecular weight is 784 g/mol. The second kappa shape index (κ2) is 19.6. The number of alkyl halides is 1. The second-order valence-electron chi connectivity index (χ2n) is 16.7. The van der Waals surface area contributed by atoms with Crippen molar-refractivity contribution in [3.8, 4) is 0 Å². The number of ether oxygens (including phenoxy) is 1. The van der Waals surface area contributed by atoms with E-state index in [0.717, 1.165) is 94.0 Å². The molecule has 6 aliphatic rings. The first-order valence-corrected chi connectivity index (χ1v) is 20.4. The third-order valence-electron chi connectivity index (χ3n) is 11.5. The number of carbonyl (C=O) groups excluding carboxylic acids is 3. The zero-order valence-electron chi connectivity index (χ0n) is 34.8. The number of aliphatic imine (C=N–C) groups is 2. The molecule has 1 N–H and O–H groups in total. The Kier molecular flexibility index (Phi) is 13.9. The van der Waals surface area contributed by atoms with Crippen LogP contribution < -0.4 is 5.32 Å². The molecular formula is C44H59FN8O4. The van der Waals surface area contributed by atoms with Crippen LogP contribution in [0, 0.1) is 11.8 Å². The zero-order chi connectivity index (χ0) is 41.1. The maximum Gasteiger partial charge on any atom is 0.410 e. The molecule has 2 unspecified atom stereocenters. The molecule has 12 nitrogen and oxygen atoms in total. The summed E-state index contributed by atoms with van der Waals surface area (Å²) in [5.74, 6) is 1.15. The fourth-order valence-corrected chi connectivity index (χ4v) is 8.53. The molecule has 306 valence electrons. The minimum atomic E-state index is -1.00. The smallest absolute Gasteiger partial charge is 0.410 e. The van der Waals surface area contributed by atoms with Crippen molar-refractivity contribution < 1.29 is 24.9 Å². The summed E-state index contributed by atoms with van der Waals surface area (Å²) < 4.78 is 21.0. The number of halogens is 1.